The van der Waals surface area contributed by atoms with Gasteiger partial charge in [0.2, 0.25) is 0 Å². The maximum atomic E-state index is 12.0. The molecule has 1 aromatic rings. The second kappa shape index (κ2) is 6.52. The number of nitrogens with one attached hydrogen (secondary N) is 1. The molecule has 0 radical (unpaired) electrons. The Hall–Kier alpha value is -1.39. The Morgan fingerprint density at radius 3 is 2.33 bits per heavy atom. The summed E-state index contributed by atoms with van der Waals surface area (Å²) >= 11 is 0. The van der Waals surface area contributed by atoms with E-state index in [-0.39, 0.29) is 12.5 Å². The van der Waals surface area contributed by atoms with Crippen LogP contribution in [0.3, 0.4) is 0 Å². The molecule has 0 aliphatic heterocycles. The lowest BCUT2D eigenvalue weighted by Crippen LogP contribution is -2.16. The van der Waals surface area contributed by atoms with Crippen LogP contribution in [0.25, 0.3) is 0 Å². The van der Waals surface area contributed by atoms with E-state index in [1.165, 1.54) is 0 Å². The number of halogens is 3. The molecule has 102 valence electrons. The molecule has 5 heteroatoms. The standard InChI is InChI=1S/C13H18F3NO/c1-10(4-3-9-13(14,15)16)17-11-5-7-12(18-2)8-6-11/h5-8,10,17H,3-4,9H2,1-2H3. The van der Waals surface area contributed by atoms with Crippen LogP contribution >= 0.6 is 0 Å². The molecule has 0 bridgehead atoms. The zero-order valence-electron chi connectivity index (χ0n) is 10.6. The predicted octanol–water partition coefficient (Wildman–Crippen LogP) is 4.23. The number of hydrogen-bond acceptors (Lipinski definition) is 2. The number of anilines is 1. The third kappa shape index (κ3) is 5.80. The van der Waals surface area contributed by atoms with E-state index >= 15 is 0 Å². The highest BCUT2D eigenvalue weighted by Crippen LogP contribution is 2.23. The third-order valence-corrected chi connectivity index (χ3v) is 2.60. The van der Waals surface area contributed by atoms with Gasteiger partial charge in [-0.2, -0.15) is 13.2 Å². The molecule has 1 N–H and O–H groups in total. The van der Waals surface area contributed by atoms with Crippen molar-refractivity contribution < 1.29 is 17.9 Å². The van der Waals surface area contributed by atoms with Gasteiger partial charge in [0.05, 0.1) is 7.11 Å². The number of hydrogen-bond donors (Lipinski definition) is 1. The van der Waals surface area contributed by atoms with Crippen LogP contribution < -0.4 is 10.1 Å². The van der Waals surface area contributed by atoms with Crippen LogP contribution in [-0.4, -0.2) is 19.3 Å². The van der Waals surface area contributed by atoms with E-state index in [4.69, 9.17) is 4.74 Å². The Balaban J connectivity index is 2.32. The van der Waals surface area contributed by atoms with Crippen molar-refractivity contribution in [2.75, 3.05) is 12.4 Å². The fourth-order valence-electron chi connectivity index (χ4n) is 1.65. The second-order valence-corrected chi connectivity index (χ2v) is 4.28. The van der Waals surface area contributed by atoms with Gasteiger partial charge in [0, 0.05) is 18.2 Å². The van der Waals surface area contributed by atoms with Crippen molar-refractivity contribution in [2.24, 2.45) is 0 Å². The molecule has 0 aliphatic rings. The van der Waals surface area contributed by atoms with Crippen LogP contribution in [0.2, 0.25) is 0 Å². The Kier molecular flexibility index (Phi) is 5.31. The largest absolute Gasteiger partial charge is 0.497 e. The monoisotopic (exact) mass is 261 g/mol. The molecular weight excluding hydrogens is 243 g/mol. The molecule has 0 saturated carbocycles. The maximum absolute atomic E-state index is 12.0. The molecule has 0 aromatic heterocycles. The van der Waals surface area contributed by atoms with Gasteiger partial charge >= 0.3 is 6.18 Å². The summed E-state index contributed by atoms with van der Waals surface area (Å²) in [5.74, 6) is 0.755. The van der Waals surface area contributed by atoms with Gasteiger partial charge in [0.15, 0.2) is 0 Å². The van der Waals surface area contributed by atoms with E-state index in [1.54, 1.807) is 7.11 Å². The summed E-state index contributed by atoms with van der Waals surface area (Å²) in [5.41, 5.74) is 0.885. The van der Waals surface area contributed by atoms with E-state index in [9.17, 15) is 13.2 Å². The number of methoxy groups -OCH3 is 1. The lowest BCUT2D eigenvalue weighted by molar-refractivity contribution is -0.135. The van der Waals surface area contributed by atoms with Crippen molar-refractivity contribution in [1.29, 1.82) is 0 Å². The van der Waals surface area contributed by atoms with Gasteiger partial charge in [-0.25, -0.2) is 0 Å². The molecule has 0 heterocycles. The SMILES string of the molecule is COc1ccc(NC(C)CCCC(F)(F)F)cc1. The molecule has 18 heavy (non-hydrogen) atoms. The molecule has 1 atom stereocenters. The minimum absolute atomic E-state index is 0.0146. The van der Waals surface area contributed by atoms with Crippen LogP contribution in [0.15, 0.2) is 24.3 Å². The van der Waals surface area contributed by atoms with Gasteiger partial charge in [-0.05, 0) is 44.0 Å². The van der Waals surface area contributed by atoms with Crippen LogP contribution in [0.4, 0.5) is 18.9 Å². The second-order valence-electron chi connectivity index (χ2n) is 4.28. The Morgan fingerprint density at radius 2 is 1.83 bits per heavy atom. The summed E-state index contributed by atoms with van der Waals surface area (Å²) < 4.78 is 41.0. The van der Waals surface area contributed by atoms with E-state index in [0.29, 0.717) is 6.42 Å². The highest BCUT2D eigenvalue weighted by Gasteiger charge is 2.26. The van der Waals surface area contributed by atoms with Gasteiger partial charge in [0.25, 0.3) is 0 Å². The van der Waals surface area contributed by atoms with E-state index < -0.39 is 12.6 Å². The minimum Gasteiger partial charge on any atom is -0.497 e. The number of rotatable bonds is 6. The first-order chi connectivity index (χ1) is 8.40. The lowest BCUT2D eigenvalue weighted by Gasteiger charge is -2.16. The highest BCUT2D eigenvalue weighted by molar-refractivity contribution is 5.46. The Labute approximate surface area is 105 Å². The van der Waals surface area contributed by atoms with Crippen molar-refractivity contribution in [2.45, 2.75) is 38.4 Å². The van der Waals surface area contributed by atoms with Crippen molar-refractivity contribution in [3.63, 3.8) is 0 Å². The van der Waals surface area contributed by atoms with Crippen molar-refractivity contribution in [1.82, 2.24) is 0 Å². The van der Waals surface area contributed by atoms with Gasteiger partial charge < -0.3 is 10.1 Å². The first-order valence-electron chi connectivity index (χ1n) is 5.88. The van der Waals surface area contributed by atoms with Crippen molar-refractivity contribution in [3.8, 4) is 5.75 Å². The van der Waals surface area contributed by atoms with Gasteiger partial charge in [-0.3, -0.25) is 0 Å². The summed E-state index contributed by atoms with van der Waals surface area (Å²) in [6, 6.07) is 7.33. The third-order valence-electron chi connectivity index (χ3n) is 2.60. The molecular formula is C13H18F3NO. The van der Waals surface area contributed by atoms with E-state index in [1.807, 2.05) is 31.2 Å². The normalized spacial score (nSPS) is 13.2. The summed E-state index contributed by atoms with van der Waals surface area (Å²) in [6.45, 7) is 1.88. The molecule has 0 spiro atoms. The summed E-state index contributed by atoms with van der Waals surface area (Å²) in [4.78, 5) is 0. The zero-order valence-corrected chi connectivity index (χ0v) is 10.6. The van der Waals surface area contributed by atoms with Crippen LogP contribution in [-0.2, 0) is 0 Å². The number of ether oxygens (including phenoxy) is 1. The summed E-state index contributed by atoms with van der Waals surface area (Å²) in [6.07, 6.45) is -4.14. The van der Waals surface area contributed by atoms with Crippen LogP contribution in [0, 0.1) is 0 Å². The van der Waals surface area contributed by atoms with E-state index in [0.717, 1.165) is 11.4 Å². The molecule has 0 aliphatic carbocycles. The van der Waals surface area contributed by atoms with Gasteiger partial charge in [0.1, 0.15) is 5.75 Å². The molecule has 0 saturated heterocycles. The van der Waals surface area contributed by atoms with Crippen molar-refractivity contribution in [3.05, 3.63) is 24.3 Å². The van der Waals surface area contributed by atoms with Gasteiger partial charge in [-0.15, -0.1) is 0 Å². The number of alkyl halides is 3. The fraction of sp³-hybridized carbons (Fsp3) is 0.538. The fourth-order valence-corrected chi connectivity index (χ4v) is 1.65. The first-order valence-corrected chi connectivity index (χ1v) is 5.88. The lowest BCUT2D eigenvalue weighted by atomic mass is 10.1. The summed E-state index contributed by atoms with van der Waals surface area (Å²) in [5, 5.41) is 3.16. The molecule has 2 nitrogen and oxygen atoms in total. The molecule has 0 fully saturated rings. The zero-order chi connectivity index (χ0) is 13.6. The molecule has 1 unspecified atom stereocenters. The van der Waals surface area contributed by atoms with Crippen LogP contribution in [0.1, 0.15) is 26.2 Å². The quantitative estimate of drug-likeness (QED) is 0.827. The Bertz CT molecular complexity index is 348. The molecule has 1 aromatic carbocycles. The smallest absolute Gasteiger partial charge is 0.389 e. The summed E-state index contributed by atoms with van der Waals surface area (Å²) in [7, 11) is 1.59. The number of benzene rings is 1. The molecule has 0 amide bonds. The Morgan fingerprint density at radius 1 is 1.22 bits per heavy atom. The molecule has 1 rings (SSSR count). The maximum Gasteiger partial charge on any atom is 0.389 e. The van der Waals surface area contributed by atoms with Gasteiger partial charge in [-0.1, -0.05) is 0 Å². The topological polar surface area (TPSA) is 21.3 Å². The minimum atomic E-state index is -4.06. The highest BCUT2D eigenvalue weighted by atomic mass is 19.4. The van der Waals surface area contributed by atoms with E-state index in [2.05, 4.69) is 5.32 Å². The van der Waals surface area contributed by atoms with Crippen LogP contribution in [0.5, 0.6) is 5.75 Å². The average molecular weight is 261 g/mol. The average Bonchev–Trinajstić information content (AvgIpc) is 2.28. The first kappa shape index (κ1) is 14.7. The van der Waals surface area contributed by atoms with Crippen molar-refractivity contribution >= 4 is 5.69 Å². The predicted molar refractivity (Wildman–Crippen MR) is 66.0 cm³/mol.